The Bertz CT molecular complexity index is 417. The van der Waals surface area contributed by atoms with E-state index in [1.165, 1.54) is 19.3 Å². The molecule has 1 aliphatic carbocycles. The fourth-order valence-electron chi connectivity index (χ4n) is 3.75. The van der Waals surface area contributed by atoms with E-state index in [0.717, 1.165) is 57.3 Å². The van der Waals surface area contributed by atoms with E-state index in [2.05, 4.69) is 27.7 Å². The van der Waals surface area contributed by atoms with Crippen molar-refractivity contribution in [3.8, 4) is 0 Å². The first kappa shape index (κ1) is 24.0. The van der Waals surface area contributed by atoms with E-state index >= 15 is 0 Å². The van der Waals surface area contributed by atoms with Gasteiger partial charge in [0.2, 0.25) is 0 Å². The van der Waals surface area contributed by atoms with Crippen LogP contribution in [-0.2, 0) is 19.1 Å². The largest absolute Gasteiger partial charge is 0.465 e. The van der Waals surface area contributed by atoms with Crippen molar-refractivity contribution < 1.29 is 19.1 Å². The average molecular weight is 383 g/mol. The molecule has 0 aliphatic heterocycles. The lowest BCUT2D eigenvalue weighted by atomic mass is 9.79. The average Bonchev–Trinajstić information content (AvgIpc) is 2.63. The van der Waals surface area contributed by atoms with Crippen LogP contribution in [0.1, 0.15) is 98.3 Å². The van der Waals surface area contributed by atoms with Gasteiger partial charge in [0, 0.05) is 0 Å². The minimum atomic E-state index is -0.309. The molecule has 1 fully saturated rings. The van der Waals surface area contributed by atoms with Crippen molar-refractivity contribution in [3.63, 3.8) is 0 Å². The Morgan fingerprint density at radius 2 is 1.15 bits per heavy atom. The van der Waals surface area contributed by atoms with Gasteiger partial charge in [0.1, 0.15) is 0 Å². The normalized spacial score (nSPS) is 20.1. The van der Waals surface area contributed by atoms with Crippen molar-refractivity contribution in [3.05, 3.63) is 0 Å². The summed E-state index contributed by atoms with van der Waals surface area (Å²) in [4.78, 5) is 24.9. The van der Waals surface area contributed by atoms with E-state index in [-0.39, 0.29) is 23.8 Å². The lowest BCUT2D eigenvalue weighted by Gasteiger charge is -2.28. The summed E-state index contributed by atoms with van der Waals surface area (Å²) in [6.07, 6.45) is 11.2. The first-order valence-electron chi connectivity index (χ1n) is 11.2. The van der Waals surface area contributed by atoms with Gasteiger partial charge >= 0.3 is 11.9 Å². The zero-order chi connectivity index (χ0) is 20.1. The second-order valence-electron chi connectivity index (χ2n) is 8.97. The number of rotatable bonds is 13. The third-order valence-corrected chi connectivity index (χ3v) is 5.46. The maximum atomic E-state index is 12.5. The highest BCUT2D eigenvalue weighted by atomic mass is 16.5. The van der Waals surface area contributed by atoms with Gasteiger partial charge in [-0.3, -0.25) is 9.59 Å². The Hall–Kier alpha value is -1.06. The zero-order valence-electron chi connectivity index (χ0n) is 18.1. The molecule has 4 nitrogen and oxygen atoms in total. The number of carbonyl (C=O) groups is 2. The van der Waals surface area contributed by atoms with E-state index in [1.54, 1.807) is 0 Å². The van der Waals surface area contributed by atoms with Crippen molar-refractivity contribution in [2.24, 2.45) is 23.7 Å². The van der Waals surface area contributed by atoms with Gasteiger partial charge < -0.3 is 9.47 Å². The molecule has 0 aromatic heterocycles. The molecule has 0 radical (unpaired) electrons. The minimum Gasteiger partial charge on any atom is -0.465 e. The van der Waals surface area contributed by atoms with Crippen LogP contribution in [0.3, 0.4) is 0 Å². The maximum absolute atomic E-state index is 12.5. The molecule has 2 atom stereocenters. The summed E-state index contributed by atoms with van der Waals surface area (Å²) in [6.45, 7) is 9.77. The van der Waals surface area contributed by atoms with Gasteiger partial charge in [0.15, 0.2) is 0 Å². The second kappa shape index (κ2) is 14.0. The number of hydrogen-bond acceptors (Lipinski definition) is 4. The second-order valence-corrected chi connectivity index (χ2v) is 8.97. The highest BCUT2D eigenvalue weighted by Crippen LogP contribution is 2.32. The van der Waals surface area contributed by atoms with Crippen LogP contribution < -0.4 is 0 Å². The van der Waals surface area contributed by atoms with Gasteiger partial charge in [0.05, 0.1) is 25.0 Å². The lowest BCUT2D eigenvalue weighted by Crippen LogP contribution is -2.35. The van der Waals surface area contributed by atoms with E-state index in [1.807, 2.05) is 0 Å². The summed E-state index contributed by atoms with van der Waals surface area (Å²) in [5.41, 5.74) is 0. The zero-order valence-corrected chi connectivity index (χ0v) is 18.1. The number of ether oxygens (including phenoxy) is 2. The van der Waals surface area contributed by atoms with E-state index in [9.17, 15) is 9.59 Å². The number of carbonyl (C=O) groups excluding carboxylic acids is 2. The van der Waals surface area contributed by atoms with Crippen molar-refractivity contribution in [2.45, 2.75) is 98.3 Å². The number of esters is 2. The highest BCUT2D eigenvalue weighted by Gasteiger charge is 2.37. The first-order chi connectivity index (χ1) is 12.9. The van der Waals surface area contributed by atoms with E-state index < -0.39 is 0 Å². The summed E-state index contributed by atoms with van der Waals surface area (Å²) in [5.74, 6) is 0.367. The Balaban J connectivity index is 2.28. The smallest absolute Gasteiger partial charge is 0.309 e. The van der Waals surface area contributed by atoms with Gasteiger partial charge in [-0.15, -0.1) is 0 Å². The summed E-state index contributed by atoms with van der Waals surface area (Å²) in [6, 6.07) is 0. The number of hydrogen-bond donors (Lipinski definition) is 0. The molecule has 0 heterocycles. The van der Waals surface area contributed by atoms with Crippen LogP contribution in [0.2, 0.25) is 0 Å². The first-order valence-corrected chi connectivity index (χ1v) is 11.2. The molecule has 0 spiro atoms. The lowest BCUT2D eigenvalue weighted by molar-refractivity contribution is -0.163. The minimum absolute atomic E-state index is 0.194. The molecule has 1 saturated carbocycles. The molecule has 0 amide bonds. The Labute approximate surface area is 166 Å². The molecule has 1 aliphatic rings. The van der Waals surface area contributed by atoms with Crippen molar-refractivity contribution >= 4 is 11.9 Å². The summed E-state index contributed by atoms with van der Waals surface area (Å²) in [5, 5.41) is 0. The van der Waals surface area contributed by atoms with Crippen LogP contribution in [0, 0.1) is 23.7 Å². The Kier molecular flexibility index (Phi) is 12.4. The molecule has 158 valence electrons. The summed E-state index contributed by atoms with van der Waals surface area (Å²) < 4.78 is 11.0. The predicted molar refractivity (Wildman–Crippen MR) is 109 cm³/mol. The molecular formula is C23H42O4. The fraction of sp³-hybridized carbons (Fsp3) is 0.913. The molecule has 2 unspecified atom stereocenters. The van der Waals surface area contributed by atoms with Gasteiger partial charge in [-0.25, -0.2) is 0 Å². The highest BCUT2D eigenvalue weighted by molar-refractivity contribution is 5.82. The maximum Gasteiger partial charge on any atom is 0.309 e. The van der Waals surface area contributed by atoms with Crippen molar-refractivity contribution in [1.82, 2.24) is 0 Å². The van der Waals surface area contributed by atoms with Crippen LogP contribution in [0.25, 0.3) is 0 Å². The van der Waals surface area contributed by atoms with Gasteiger partial charge in [-0.1, -0.05) is 66.2 Å². The monoisotopic (exact) mass is 382 g/mol. The third-order valence-electron chi connectivity index (χ3n) is 5.46. The predicted octanol–water partition coefficient (Wildman–Crippen LogP) is 5.92. The standard InChI is InChI=1S/C23H42O4/c1-18(2)12-7-5-6-10-16-26-22(24)20-14-8-9-15-21(20)23(25)27-17-11-13-19(3)4/h18-21H,5-17H2,1-4H3. The topological polar surface area (TPSA) is 52.6 Å². The Morgan fingerprint density at radius 3 is 1.67 bits per heavy atom. The van der Waals surface area contributed by atoms with E-state index in [4.69, 9.17) is 9.47 Å². The number of unbranched alkanes of at least 4 members (excludes halogenated alkanes) is 3. The van der Waals surface area contributed by atoms with Crippen LogP contribution >= 0.6 is 0 Å². The SMILES string of the molecule is CC(C)CCCCCCOC(=O)C1CCCCC1C(=O)OCCCC(C)C. The van der Waals surface area contributed by atoms with Gasteiger partial charge in [-0.2, -0.15) is 0 Å². The summed E-state index contributed by atoms with van der Waals surface area (Å²) >= 11 is 0. The fourth-order valence-corrected chi connectivity index (χ4v) is 3.75. The van der Waals surface area contributed by atoms with Crippen LogP contribution in [0.5, 0.6) is 0 Å². The molecular weight excluding hydrogens is 340 g/mol. The van der Waals surface area contributed by atoms with Crippen LogP contribution in [0.4, 0.5) is 0 Å². The molecule has 0 bridgehead atoms. The third kappa shape index (κ3) is 10.8. The molecule has 0 saturated heterocycles. The Morgan fingerprint density at radius 1 is 0.704 bits per heavy atom. The van der Waals surface area contributed by atoms with Crippen molar-refractivity contribution in [1.29, 1.82) is 0 Å². The van der Waals surface area contributed by atoms with Crippen LogP contribution in [0.15, 0.2) is 0 Å². The van der Waals surface area contributed by atoms with Crippen molar-refractivity contribution in [2.75, 3.05) is 13.2 Å². The molecule has 4 heteroatoms. The van der Waals surface area contributed by atoms with E-state index in [0.29, 0.717) is 19.1 Å². The van der Waals surface area contributed by atoms with Gasteiger partial charge in [-0.05, 0) is 43.9 Å². The van der Waals surface area contributed by atoms with Crippen LogP contribution in [-0.4, -0.2) is 25.2 Å². The van der Waals surface area contributed by atoms with Gasteiger partial charge in [0.25, 0.3) is 0 Å². The molecule has 0 aromatic rings. The molecule has 1 rings (SSSR count). The quantitative estimate of drug-likeness (QED) is 0.293. The molecule has 0 N–H and O–H groups in total. The molecule has 27 heavy (non-hydrogen) atoms. The molecule has 0 aromatic carbocycles. The summed E-state index contributed by atoms with van der Waals surface area (Å²) in [7, 11) is 0.